The molecule has 0 aliphatic carbocycles. The van der Waals surface area contributed by atoms with Crippen LogP contribution < -0.4 is 0 Å². The van der Waals surface area contributed by atoms with E-state index in [-0.39, 0.29) is 11.5 Å². The van der Waals surface area contributed by atoms with Crippen molar-refractivity contribution in [3.8, 4) is 0 Å². The van der Waals surface area contributed by atoms with E-state index in [1.54, 1.807) is 0 Å². The summed E-state index contributed by atoms with van der Waals surface area (Å²) in [5.41, 5.74) is 0. The van der Waals surface area contributed by atoms with Crippen molar-refractivity contribution in [1.29, 1.82) is 0 Å². The molecule has 0 aliphatic heterocycles. The fraction of sp³-hybridized carbons (Fsp3) is 0.333. The summed E-state index contributed by atoms with van der Waals surface area (Å²) in [5, 5.41) is 0. The van der Waals surface area contributed by atoms with Gasteiger partial charge in [0.05, 0.1) is 16.6 Å². The molecule has 1 atom stereocenters. The summed E-state index contributed by atoms with van der Waals surface area (Å²) in [4.78, 5) is 0.318. The highest BCUT2D eigenvalue weighted by molar-refractivity contribution is 7.92. The third kappa shape index (κ3) is 4.53. The summed E-state index contributed by atoms with van der Waals surface area (Å²) in [6, 6.07) is 5.36. The van der Waals surface area contributed by atoms with Gasteiger partial charge < -0.3 is 0 Å². The van der Waals surface area contributed by atoms with Crippen molar-refractivity contribution in [3.05, 3.63) is 30.1 Å². The summed E-state index contributed by atoms with van der Waals surface area (Å²) in [6.07, 6.45) is 1.08. The number of benzene rings is 1. The molecule has 0 fully saturated rings. The molecule has 6 heteroatoms. The van der Waals surface area contributed by atoms with Crippen LogP contribution in [0.5, 0.6) is 0 Å². The van der Waals surface area contributed by atoms with E-state index in [4.69, 9.17) is 0 Å². The van der Waals surface area contributed by atoms with Crippen molar-refractivity contribution in [2.24, 2.45) is 0 Å². The van der Waals surface area contributed by atoms with Gasteiger partial charge in [-0.25, -0.2) is 12.8 Å². The SMILES string of the molecule is CS(=O)(=O)CCS(=O)c1cccc(F)c1. The Kier molecular flexibility index (Phi) is 3.98. The largest absolute Gasteiger partial charge is 0.254 e. The quantitative estimate of drug-likeness (QED) is 0.800. The first-order chi connectivity index (χ1) is 6.88. The maximum absolute atomic E-state index is 12.7. The Balaban J connectivity index is 2.70. The lowest BCUT2D eigenvalue weighted by Crippen LogP contribution is -2.11. The van der Waals surface area contributed by atoms with Crippen LogP contribution >= 0.6 is 0 Å². The minimum absolute atomic E-state index is 0.00227. The zero-order valence-corrected chi connectivity index (χ0v) is 9.78. The van der Waals surface area contributed by atoms with Crippen LogP contribution in [0.2, 0.25) is 0 Å². The van der Waals surface area contributed by atoms with Crippen molar-refractivity contribution in [3.63, 3.8) is 0 Å². The van der Waals surface area contributed by atoms with Gasteiger partial charge in [0.15, 0.2) is 0 Å². The van der Waals surface area contributed by atoms with Crippen molar-refractivity contribution >= 4 is 20.6 Å². The Morgan fingerprint density at radius 2 is 2.07 bits per heavy atom. The third-order valence-electron chi connectivity index (χ3n) is 1.70. The summed E-state index contributed by atoms with van der Waals surface area (Å²) in [5.74, 6) is -0.626. The zero-order valence-electron chi connectivity index (χ0n) is 8.14. The molecule has 1 rings (SSSR count). The van der Waals surface area contributed by atoms with Crippen LogP contribution in [0, 0.1) is 5.82 Å². The average Bonchev–Trinajstić information content (AvgIpc) is 2.13. The van der Waals surface area contributed by atoms with Gasteiger partial charge >= 0.3 is 0 Å². The predicted molar refractivity (Wildman–Crippen MR) is 57.4 cm³/mol. The topological polar surface area (TPSA) is 51.2 Å². The van der Waals surface area contributed by atoms with Gasteiger partial charge in [-0.2, -0.15) is 0 Å². The van der Waals surface area contributed by atoms with E-state index in [1.165, 1.54) is 18.2 Å². The fourth-order valence-corrected chi connectivity index (χ4v) is 3.48. The first-order valence-electron chi connectivity index (χ1n) is 4.20. The lowest BCUT2D eigenvalue weighted by Gasteiger charge is -2.01. The van der Waals surface area contributed by atoms with E-state index in [9.17, 15) is 17.0 Å². The number of rotatable bonds is 4. The van der Waals surface area contributed by atoms with Gasteiger partial charge in [-0.3, -0.25) is 4.21 Å². The van der Waals surface area contributed by atoms with Gasteiger partial charge in [0, 0.05) is 16.9 Å². The molecule has 84 valence electrons. The van der Waals surface area contributed by atoms with Crippen molar-refractivity contribution in [2.45, 2.75) is 4.90 Å². The smallest absolute Gasteiger partial charge is 0.148 e. The van der Waals surface area contributed by atoms with Crippen LogP contribution in [-0.2, 0) is 20.6 Å². The van der Waals surface area contributed by atoms with Crippen LogP contribution in [0.15, 0.2) is 29.2 Å². The van der Waals surface area contributed by atoms with Crippen LogP contribution in [0.25, 0.3) is 0 Å². The minimum Gasteiger partial charge on any atom is -0.254 e. The normalized spacial score (nSPS) is 13.7. The van der Waals surface area contributed by atoms with Crippen molar-refractivity contribution < 1.29 is 17.0 Å². The molecule has 0 saturated carbocycles. The van der Waals surface area contributed by atoms with Crippen LogP contribution in [-0.4, -0.2) is 30.4 Å². The monoisotopic (exact) mass is 250 g/mol. The van der Waals surface area contributed by atoms with E-state index >= 15 is 0 Å². The predicted octanol–water partition coefficient (Wildman–Crippen LogP) is 0.978. The molecule has 0 spiro atoms. The van der Waals surface area contributed by atoms with E-state index in [0.717, 1.165) is 12.3 Å². The van der Waals surface area contributed by atoms with Gasteiger partial charge in [0.2, 0.25) is 0 Å². The maximum atomic E-state index is 12.7. The van der Waals surface area contributed by atoms with E-state index in [2.05, 4.69) is 0 Å². The Hall–Kier alpha value is -0.750. The highest BCUT2D eigenvalue weighted by atomic mass is 32.2. The van der Waals surface area contributed by atoms with Gasteiger partial charge in [-0.05, 0) is 18.2 Å². The molecular formula is C9H11FO3S2. The molecule has 0 radical (unpaired) electrons. The van der Waals surface area contributed by atoms with Gasteiger partial charge in [0.25, 0.3) is 0 Å². The molecule has 0 N–H and O–H groups in total. The molecule has 0 amide bonds. The number of halogens is 1. The molecule has 1 aromatic rings. The second-order valence-corrected chi connectivity index (χ2v) is 6.97. The molecule has 0 heterocycles. The molecule has 0 saturated heterocycles. The van der Waals surface area contributed by atoms with Gasteiger partial charge in [0.1, 0.15) is 15.7 Å². The van der Waals surface area contributed by atoms with Crippen LogP contribution in [0.1, 0.15) is 0 Å². The van der Waals surface area contributed by atoms with Crippen LogP contribution in [0.3, 0.4) is 0 Å². The van der Waals surface area contributed by atoms with Crippen LogP contribution in [0.4, 0.5) is 4.39 Å². The molecule has 0 aromatic heterocycles. The van der Waals surface area contributed by atoms with Crippen molar-refractivity contribution in [2.75, 3.05) is 17.8 Å². The second kappa shape index (κ2) is 4.85. The summed E-state index contributed by atoms with van der Waals surface area (Å²) in [7, 11) is -4.58. The molecule has 1 unspecified atom stereocenters. The Morgan fingerprint density at radius 3 is 2.60 bits per heavy atom. The molecule has 0 aliphatic rings. The second-order valence-electron chi connectivity index (χ2n) is 3.14. The number of hydrogen-bond donors (Lipinski definition) is 0. The fourth-order valence-electron chi connectivity index (χ4n) is 0.954. The molecule has 0 bridgehead atoms. The highest BCUT2D eigenvalue weighted by Gasteiger charge is 2.09. The van der Waals surface area contributed by atoms with Gasteiger partial charge in [-0.15, -0.1) is 0 Å². The standard InChI is InChI=1S/C9H11FO3S2/c1-15(12,13)6-5-14(11)9-4-2-3-8(10)7-9/h2-4,7H,5-6H2,1H3. The Bertz CT molecular complexity index is 468. The summed E-state index contributed by atoms with van der Waals surface area (Å²) >= 11 is 0. The lowest BCUT2D eigenvalue weighted by atomic mass is 10.4. The lowest BCUT2D eigenvalue weighted by molar-refractivity contribution is 0.602. The zero-order chi connectivity index (χ0) is 11.5. The molecular weight excluding hydrogens is 239 g/mol. The molecule has 15 heavy (non-hydrogen) atoms. The molecule has 3 nitrogen and oxygen atoms in total. The first kappa shape index (κ1) is 12.3. The van der Waals surface area contributed by atoms with Gasteiger partial charge in [-0.1, -0.05) is 6.07 Å². The minimum atomic E-state index is -3.12. The Labute approximate surface area is 90.7 Å². The highest BCUT2D eigenvalue weighted by Crippen LogP contribution is 2.09. The summed E-state index contributed by atoms with van der Waals surface area (Å²) < 4.78 is 45.9. The average molecular weight is 250 g/mol. The first-order valence-corrected chi connectivity index (χ1v) is 7.58. The van der Waals surface area contributed by atoms with E-state index in [0.29, 0.717) is 4.90 Å². The maximum Gasteiger partial charge on any atom is 0.148 e. The third-order valence-corrected chi connectivity index (χ3v) is 4.26. The van der Waals surface area contributed by atoms with Crippen molar-refractivity contribution in [1.82, 2.24) is 0 Å². The number of hydrogen-bond acceptors (Lipinski definition) is 3. The number of sulfone groups is 1. The van der Waals surface area contributed by atoms with E-state index in [1.807, 2.05) is 0 Å². The van der Waals surface area contributed by atoms with E-state index < -0.39 is 26.5 Å². The molecule has 1 aromatic carbocycles. The Morgan fingerprint density at radius 1 is 1.40 bits per heavy atom. The summed E-state index contributed by atoms with van der Waals surface area (Å²) in [6.45, 7) is 0.